The molecule has 3 rings (SSSR count). The summed E-state index contributed by atoms with van der Waals surface area (Å²) in [6, 6.07) is 11.4. The van der Waals surface area contributed by atoms with Gasteiger partial charge in [-0.05, 0) is 60.2 Å². The summed E-state index contributed by atoms with van der Waals surface area (Å²) in [4.78, 5) is 0. The van der Waals surface area contributed by atoms with Crippen molar-refractivity contribution in [3.8, 4) is 0 Å². The molecule has 0 saturated carbocycles. The Morgan fingerprint density at radius 3 is 2.74 bits per heavy atom. The van der Waals surface area contributed by atoms with E-state index in [1.165, 1.54) is 36.5 Å². The molecule has 0 atom stereocenters. The fraction of sp³-hybridized carbons (Fsp3) is 0.250. The smallest absolute Gasteiger partial charge is 0.142 e. The van der Waals surface area contributed by atoms with Crippen LogP contribution in [0.2, 0.25) is 5.02 Å². The van der Waals surface area contributed by atoms with Gasteiger partial charge < -0.3 is 5.32 Å². The normalized spacial score (nSPS) is 13.4. The summed E-state index contributed by atoms with van der Waals surface area (Å²) in [6.07, 6.45) is 3.61. The first-order valence-electron chi connectivity index (χ1n) is 6.52. The highest BCUT2D eigenvalue weighted by molar-refractivity contribution is 6.30. The van der Waals surface area contributed by atoms with Crippen molar-refractivity contribution in [2.45, 2.75) is 25.8 Å². The van der Waals surface area contributed by atoms with Gasteiger partial charge in [-0.25, -0.2) is 4.39 Å². The summed E-state index contributed by atoms with van der Waals surface area (Å²) in [5.41, 5.74) is 4.88. The van der Waals surface area contributed by atoms with Gasteiger partial charge in [-0.1, -0.05) is 23.7 Å². The maximum Gasteiger partial charge on any atom is 0.142 e. The van der Waals surface area contributed by atoms with Crippen LogP contribution in [0.25, 0.3) is 0 Å². The molecular formula is C16H15ClFN. The lowest BCUT2D eigenvalue weighted by Crippen LogP contribution is -2.00. The molecule has 0 fully saturated rings. The van der Waals surface area contributed by atoms with Crippen LogP contribution in [0.4, 0.5) is 10.1 Å². The molecule has 1 N–H and O–H groups in total. The topological polar surface area (TPSA) is 12.0 Å². The second kappa shape index (κ2) is 5.22. The van der Waals surface area contributed by atoms with Gasteiger partial charge in [-0.2, -0.15) is 0 Å². The minimum atomic E-state index is -0.366. The van der Waals surface area contributed by atoms with Crippen LogP contribution in [-0.2, 0) is 19.4 Å². The van der Waals surface area contributed by atoms with Gasteiger partial charge in [0.15, 0.2) is 0 Å². The van der Waals surface area contributed by atoms with Gasteiger partial charge in [0, 0.05) is 12.2 Å². The summed E-state index contributed by atoms with van der Waals surface area (Å²) >= 11 is 5.67. The third-order valence-electron chi connectivity index (χ3n) is 3.58. The van der Waals surface area contributed by atoms with E-state index in [0.717, 1.165) is 11.3 Å². The molecule has 0 unspecified atom stereocenters. The Morgan fingerprint density at radius 1 is 1.05 bits per heavy atom. The van der Waals surface area contributed by atoms with E-state index in [1.807, 2.05) is 6.07 Å². The molecule has 0 saturated heterocycles. The molecule has 0 bridgehead atoms. The van der Waals surface area contributed by atoms with Crippen LogP contribution in [0.5, 0.6) is 0 Å². The van der Waals surface area contributed by atoms with Crippen molar-refractivity contribution in [2.24, 2.45) is 0 Å². The summed E-state index contributed by atoms with van der Waals surface area (Å²) < 4.78 is 13.3. The van der Waals surface area contributed by atoms with E-state index in [0.29, 0.717) is 6.54 Å². The minimum Gasteiger partial charge on any atom is -0.381 e. The fourth-order valence-corrected chi connectivity index (χ4v) is 2.65. The van der Waals surface area contributed by atoms with Gasteiger partial charge >= 0.3 is 0 Å². The second-order valence-electron chi connectivity index (χ2n) is 4.94. The molecule has 3 heteroatoms. The maximum absolute atomic E-state index is 13.3. The highest BCUT2D eigenvalue weighted by atomic mass is 35.5. The van der Waals surface area contributed by atoms with Crippen LogP contribution in [0.3, 0.4) is 0 Å². The number of hydrogen-bond acceptors (Lipinski definition) is 1. The Morgan fingerprint density at radius 2 is 1.89 bits per heavy atom. The standard InChI is InChI=1S/C16H15ClFN/c17-15-7-4-11(8-16(15)18)10-19-14-6-5-12-2-1-3-13(12)9-14/h4-9,19H,1-3,10H2. The number of fused-ring (bicyclic) bond motifs is 1. The van der Waals surface area contributed by atoms with Crippen molar-refractivity contribution in [3.05, 3.63) is 63.9 Å². The highest BCUT2D eigenvalue weighted by Gasteiger charge is 2.10. The van der Waals surface area contributed by atoms with Crippen molar-refractivity contribution < 1.29 is 4.39 Å². The lowest BCUT2D eigenvalue weighted by molar-refractivity contribution is 0.626. The van der Waals surface area contributed by atoms with E-state index < -0.39 is 0 Å². The van der Waals surface area contributed by atoms with E-state index in [1.54, 1.807) is 6.07 Å². The second-order valence-corrected chi connectivity index (χ2v) is 5.35. The number of anilines is 1. The molecule has 2 aromatic carbocycles. The first kappa shape index (κ1) is 12.5. The Kier molecular flexibility index (Phi) is 3.43. The van der Waals surface area contributed by atoms with Crippen molar-refractivity contribution in [1.82, 2.24) is 0 Å². The molecule has 0 aromatic heterocycles. The third-order valence-corrected chi connectivity index (χ3v) is 3.89. The number of aryl methyl sites for hydroxylation is 2. The van der Waals surface area contributed by atoms with Crippen molar-refractivity contribution >= 4 is 17.3 Å². The molecular weight excluding hydrogens is 261 g/mol. The van der Waals surface area contributed by atoms with E-state index in [4.69, 9.17) is 11.6 Å². The first-order chi connectivity index (χ1) is 9.22. The van der Waals surface area contributed by atoms with Crippen LogP contribution in [0.1, 0.15) is 23.1 Å². The Labute approximate surface area is 117 Å². The predicted molar refractivity (Wildman–Crippen MR) is 77.2 cm³/mol. The molecule has 0 aliphatic heterocycles. The van der Waals surface area contributed by atoms with Crippen molar-refractivity contribution in [1.29, 1.82) is 0 Å². The van der Waals surface area contributed by atoms with Crippen molar-refractivity contribution in [2.75, 3.05) is 5.32 Å². The summed E-state index contributed by atoms with van der Waals surface area (Å²) in [6.45, 7) is 0.604. The third kappa shape index (κ3) is 2.74. The van der Waals surface area contributed by atoms with Gasteiger partial charge in [0.05, 0.1) is 5.02 Å². The van der Waals surface area contributed by atoms with Gasteiger partial charge in [0.2, 0.25) is 0 Å². The van der Waals surface area contributed by atoms with Gasteiger partial charge in [0.25, 0.3) is 0 Å². The van der Waals surface area contributed by atoms with E-state index in [-0.39, 0.29) is 10.8 Å². The van der Waals surface area contributed by atoms with Gasteiger partial charge in [-0.15, -0.1) is 0 Å². The average molecular weight is 276 g/mol. The van der Waals surface area contributed by atoms with E-state index in [2.05, 4.69) is 23.5 Å². The molecule has 0 heterocycles. The highest BCUT2D eigenvalue weighted by Crippen LogP contribution is 2.25. The Bertz CT molecular complexity index is 610. The van der Waals surface area contributed by atoms with Crippen LogP contribution < -0.4 is 5.32 Å². The summed E-state index contributed by atoms with van der Waals surface area (Å²) in [7, 11) is 0. The predicted octanol–water partition coefficient (Wildman–Crippen LogP) is 4.58. The molecule has 0 amide bonds. The molecule has 0 radical (unpaired) electrons. The Hall–Kier alpha value is -1.54. The number of rotatable bonds is 3. The maximum atomic E-state index is 13.3. The number of benzene rings is 2. The van der Waals surface area contributed by atoms with Crippen molar-refractivity contribution in [3.63, 3.8) is 0 Å². The molecule has 1 nitrogen and oxygen atoms in total. The van der Waals surface area contributed by atoms with Crippen LogP contribution in [0.15, 0.2) is 36.4 Å². The van der Waals surface area contributed by atoms with Crippen LogP contribution >= 0.6 is 11.6 Å². The zero-order chi connectivity index (χ0) is 13.2. The minimum absolute atomic E-state index is 0.168. The lowest BCUT2D eigenvalue weighted by atomic mass is 10.1. The molecule has 2 aromatic rings. The van der Waals surface area contributed by atoms with Crippen LogP contribution in [-0.4, -0.2) is 0 Å². The molecule has 1 aliphatic rings. The number of nitrogens with one attached hydrogen (secondary N) is 1. The molecule has 98 valence electrons. The zero-order valence-electron chi connectivity index (χ0n) is 10.5. The monoisotopic (exact) mass is 275 g/mol. The molecule has 0 spiro atoms. The summed E-state index contributed by atoms with van der Waals surface area (Å²) in [5.74, 6) is -0.366. The Balaban J connectivity index is 1.70. The summed E-state index contributed by atoms with van der Waals surface area (Å²) in [5, 5.41) is 3.50. The van der Waals surface area contributed by atoms with E-state index in [9.17, 15) is 4.39 Å². The van der Waals surface area contributed by atoms with E-state index >= 15 is 0 Å². The SMILES string of the molecule is Fc1cc(CNc2ccc3c(c2)CCC3)ccc1Cl. The first-order valence-corrected chi connectivity index (χ1v) is 6.90. The largest absolute Gasteiger partial charge is 0.381 e. The average Bonchev–Trinajstić information content (AvgIpc) is 2.87. The number of hydrogen-bond donors (Lipinski definition) is 1. The number of halogens is 2. The quantitative estimate of drug-likeness (QED) is 0.864. The fourth-order valence-electron chi connectivity index (χ4n) is 2.54. The van der Waals surface area contributed by atoms with Crippen LogP contribution in [0, 0.1) is 5.82 Å². The lowest BCUT2D eigenvalue weighted by Gasteiger charge is -2.09. The zero-order valence-corrected chi connectivity index (χ0v) is 11.3. The van der Waals surface area contributed by atoms with Gasteiger partial charge in [-0.3, -0.25) is 0 Å². The van der Waals surface area contributed by atoms with Gasteiger partial charge in [0.1, 0.15) is 5.82 Å². The molecule has 1 aliphatic carbocycles. The molecule has 19 heavy (non-hydrogen) atoms.